The van der Waals surface area contributed by atoms with E-state index in [2.05, 4.69) is 0 Å². The lowest BCUT2D eigenvalue weighted by molar-refractivity contribution is -0.240. The Balaban J connectivity index is 2.37. The second-order valence-electron chi connectivity index (χ2n) is 11.7. The average Bonchev–Trinajstić information content (AvgIpc) is 3.02. The molecular weight excluding hydrogens is 528 g/mol. The molecule has 0 aromatic carbocycles. The molecule has 1 unspecified atom stereocenters. The van der Waals surface area contributed by atoms with Crippen LogP contribution in [0.1, 0.15) is 67.7 Å². The van der Waals surface area contributed by atoms with Crippen molar-refractivity contribution in [3.63, 3.8) is 0 Å². The van der Waals surface area contributed by atoms with Crippen LogP contribution in [-0.4, -0.2) is 84.1 Å². The van der Waals surface area contributed by atoms with Crippen LogP contribution in [0.4, 0.5) is 0 Å². The second-order valence-corrected chi connectivity index (χ2v) is 11.7. The van der Waals surface area contributed by atoms with Gasteiger partial charge in [0.05, 0.1) is 12.9 Å². The molecule has 40 heavy (non-hydrogen) atoms. The number of ether oxygens (including phenoxy) is 6. The monoisotopic (exact) mass is 572 g/mol. The number of hydrogen-bond donors (Lipinski definition) is 2. The summed E-state index contributed by atoms with van der Waals surface area (Å²) in [6, 6.07) is 0. The Morgan fingerprint density at radius 3 is 2.12 bits per heavy atom. The predicted molar refractivity (Wildman–Crippen MR) is 139 cm³/mol. The molecule has 0 aromatic rings. The molecule has 0 amide bonds. The Morgan fingerprint density at radius 2 is 1.60 bits per heavy atom. The molecule has 12 nitrogen and oxygen atoms in total. The SMILES string of the molecule is COC[C@@]1(O)[C@@H](OC(C)=O)C[C@]2(O)C(COC(=O)C(OC(=O)CC(C)C)C(C)C)=CO[C@@H](OC(=O)CC(C)C)[C@H]12. The van der Waals surface area contributed by atoms with E-state index in [9.17, 15) is 29.4 Å². The van der Waals surface area contributed by atoms with E-state index in [0.29, 0.717) is 0 Å². The number of carbonyl (C=O) groups is 4. The van der Waals surface area contributed by atoms with Crippen molar-refractivity contribution < 1.29 is 57.8 Å². The summed E-state index contributed by atoms with van der Waals surface area (Å²) in [5.41, 5.74) is -3.99. The first kappa shape index (κ1) is 33.5. The Hall–Kier alpha value is -2.70. The highest BCUT2D eigenvalue weighted by molar-refractivity contribution is 5.80. The van der Waals surface area contributed by atoms with Gasteiger partial charge in [-0.1, -0.05) is 41.5 Å². The van der Waals surface area contributed by atoms with Crippen molar-refractivity contribution in [2.24, 2.45) is 23.7 Å². The smallest absolute Gasteiger partial charge is 0.348 e. The lowest BCUT2D eigenvalue weighted by atomic mass is 9.77. The van der Waals surface area contributed by atoms with E-state index in [4.69, 9.17) is 28.4 Å². The number of aliphatic hydroxyl groups is 2. The first-order chi connectivity index (χ1) is 18.5. The van der Waals surface area contributed by atoms with Crippen molar-refractivity contribution >= 4 is 23.9 Å². The van der Waals surface area contributed by atoms with Gasteiger partial charge in [0.2, 0.25) is 6.10 Å². The summed E-state index contributed by atoms with van der Waals surface area (Å²) in [5.74, 6) is -4.47. The summed E-state index contributed by atoms with van der Waals surface area (Å²) in [6.45, 7) is 11.0. The molecule has 1 fully saturated rings. The summed E-state index contributed by atoms with van der Waals surface area (Å²) in [4.78, 5) is 49.5. The molecule has 228 valence electrons. The van der Waals surface area contributed by atoms with Crippen LogP contribution in [0.15, 0.2) is 11.8 Å². The third-order valence-corrected chi connectivity index (χ3v) is 6.83. The molecule has 1 aliphatic heterocycles. The predicted octanol–water partition coefficient (Wildman–Crippen LogP) is 2.03. The molecule has 0 saturated heterocycles. The first-order valence-corrected chi connectivity index (χ1v) is 13.6. The van der Waals surface area contributed by atoms with Crippen molar-refractivity contribution in [2.45, 2.75) is 97.4 Å². The number of carbonyl (C=O) groups excluding carboxylic acids is 4. The number of esters is 4. The zero-order valence-electron chi connectivity index (χ0n) is 24.6. The molecule has 1 saturated carbocycles. The number of hydrogen-bond acceptors (Lipinski definition) is 12. The van der Waals surface area contributed by atoms with Gasteiger partial charge in [0.1, 0.15) is 29.8 Å². The zero-order chi connectivity index (χ0) is 30.4. The summed E-state index contributed by atoms with van der Waals surface area (Å²) in [5, 5.41) is 23.7. The van der Waals surface area contributed by atoms with Crippen molar-refractivity contribution in [3.05, 3.63) is 11.8 Å². The summed E-state index contributed by atoms with van der Waals surface area (Å²) < 4.78 is 32.5. The third-order valence-electron chi connectivity index (χ3n) is 6.83. The molecule has 1 heterocycles. The number of methoxy groups -OCH3 is 1. The maximum Gasteiger partial charge on any atom is 0.348 e. The fraction of sp³-hybridized carbons (Fsp3) is 0.786. The third kappa shape index (κ3) is 7.94. The van der Waals surface area contributed by atoms with Crippen molar-refractivity contribution in [1.82, 2.24) is 0 Å². The van der Waals surface area contributed by atoms with Crippen LogP contribution in [0.2, 0.25) is 0 Å². The normalized spacial score (nSPS) is 28.4. The van der Waals surface area contributed by atoms with Gasteiger partial charge in [-0.3, -0.25) is 14.4 Å². The Bertz CT molecular complexity index is 957. The van der Waals surface area contributed by atoms with Gasteiger partial charge in [-0.15, -0.1) is 0 Å². The van der Waals surface area contributed by atoms with Crippen LogP contribution in [0, 0.1) is 23.7 Å². The minimum atomic E-state index is -2.03. The van der Waals surface area contributed by atoms with Gasteiger partial charge >= 0.3 is 23.9 Å². The summed E-state index contributed by atoms with van der Waals surface area (Å²) in [7, 11) is 1.31. The lowest BCUT2D eigenvalue weighted by Gasteiger charge is -2.44. The lowest BCUT2D eigenvalue weighted by Crippen LogP contribution is -2.59. The second kappa shape index (κ2) is 13.8. The minimum Gasteiger partial charge on any atom is -0.462 e. The quantitative estimate of drug-likeness (QED) is 0.244. The Morgan fingerprint density at radius 1 is 1.00 bits per heavy atom. The van der Waals surface area contributed by atoms with E-state index < -0.39 is 78.6 Å². The molecular formula is C28H44O12. The van der Waals surface area contributed by atoms with E-state index in [0.717, 1.165) is 13.2 Å². The van der Waals surface area contributed by atoms with Crippen LogP contribution in [0.5, 0.6) is 0 Å². The number of rotatable bonds is 13. The van der Waals surface area contributed by atoms with Crippen LogP contribution in [-0.2, 0) is 47.6 Å². The Kier molecular flexibility index (Phi) is 11.5. The van der Waals surface area contributed by atoms with Gasteiger partial charge in [0.15, 0.2) is 0 Å². The molecule has 0 bridgehead atoms. The van der Waals surface area contributed by atoms with Crippen LogP contribution < -0.4 is 0 Å². The maximum atomic E-state index is 12.9. The van der Waals surface area contributed by atoms with E-state index in [1.807, 2.05) is 27.7 Å². The maximum absolute atomic E-state index is 12.9. The molecule has 12 heteroatoms. The molecule has 1 aliphatic carbocycles. The van der Waals surface area contributed by atoms with E-state index in [1.54, 1.807) is 13.8 Å². The first-order valence-electron chi connectivity index (χ1n) is 13.6. The molecule has 2 rings (SSSR count). The minimum absolute atomic E-state index is 0.0285. The summed E-state index contributed by atoms with van der Waals surface area (Å²) in [6.07, 6.45) is -2.95. The van der Waals surface area contributed by atoms with Crippen molar-refractivity contribution in [3.8, 4) is 0 Å². The Labute approximate surface area is 235 Å². The van der Waals surface area contributed by atoms with E-state index >= 15 is 0 Å². The standard InChI is InChI=1S/C28H44O12/c1-15(2)9-21(30)39-23(17(5)6)25(32)36-12-19-13-37-26(40-22(31)10-16(3)4)24-27(19,33)11-20(38-18(7)29)28(24,34)14-35-8/h13,15-17,20,23-24,26,33-34H,9-12,14H2,1-8H3/t20-,23?,24-,26-,27-,28+/m0/s1. The van der Waals surface area contributed by atoms with Gasteiger partial charge in [-0.2, -0.15) is 0 Å². The fourth-order valence-electron chi connectivity index (χ4n) is 5.06. The van der Waals surface area contributed by atoms with Gasteiger partial charge in [0, 0.05) is 44.8 Å². The topological polar surface area (TPSA) is 164 Å². The fourth-order valence-corrected chi connectivity index (χ4v) is 5.06. The van der Waals surface area contributed by atoms with Crippen LogP contribution >= 0.6 is 0 Å². The molecule has 0 radical (unpaired) electrons. The largest absolute Gasteiger partial charge is 0.462 e. The van der Waals surface area contributed by atoms with E-state index in [1.165, 1.54) is 7.11 Å². The highest BCUT2D eigenvalue weighted by atomic mass is 16.7. The molecule has 2 aliphatic rings. The van der Waals surface area contributed by atoms with E-state index in [-0.39, 0.29) is 36.7 Å². The highest BCUT2D eigenvalue weighted by Gasteiger charge is 2.70. The van der Waals surface area contributed by atoms with Gasteiger partial charge < -0.3 is 38.6 Å². The van der Waals surface area contributed by atoms with Crippen LogP contribution in [0.3, 0.4) is 0 Å². The van der Waals surface area contributed by atoms with Crippen molar-refractivity contribution in [1.29, 1.82) is 0 Å². The summed E-state index contributed by atoms with van der Waals surface area (Å²) >= 11 is 0. The highest BCUT2D eigenvalue weighted by Crippen LogP contribution is 2.53. The van der Waals surface area contributed by atoms with Crippen molar-refractivity contribution in [2.75, 3.05) is 20.3 Å². The average molecular weight is 573 g/mol. The molecule has 0 spiro atoms. The van der Waals surface area contributed by atoms with Gasteiger partial charge in [0.25, 0.3) is 6.29 Å². The number of fused-ring (bicyclic) bond motifs is 1. The molecule has 6 atom stereocenters. The molecule has 2 N–H and O–H groups in total. The van der Waals surface area contributed by atoms with Gasteiger partial charge in [-0.25, -0.2) is 4.79 Å². The van der Waals surface area contributed by atoms with Gasteiger partial charge in [-0.05, 0) is 11.8 Å². The van der Waals surface area contributed by atoms with Crippen LogP contribution in [0.25, 0.3) is 0 Å². The zero-order valence-corrected chi connectivity index (χ0v) is 24.6. The molecule has 0 aromatic heterocycles.